The molecule has 9 heteroatoms. The first-order valence-corrected chi connectivity index (χ1v) is 10.1. The van der Waals surface area contributed by atoms with Crippen molar-refractivity contribution in [1.29, 1.82) is 0 Å². The Hall–Kier alpha value is -1.61. The number of aromatic nitrogens is 2. The molecule has 3 heterocycles. The summed E-state index contributed by atoms with van der Waals surface area (Å²) in [6, 6.07) is 0.264. The van der Waals surface area contributed by atoms with E-state index in [4.69, 9.17) is 14.0 Å². The van der Waals surface area contributed by atoms with Gasteiger partial charge in [-0.1, -0.05) is 0 Å². The molecule has 1 aromatic rings. The average Bonchev–Trinajstić information content (AvgIpc) is 3.18. The first-order valence-electron chi connectivity index (χ1n) is 10.1. The summed E-state index contributed by atoms with van der Waals surface area (Å²) in [4.78, 5) is 14.0. The SMILES string of the molecule is CC(C)(C)OC(=O)N1CCC(n2cc(B3OC(C)(C)C(C)(C)O3)cn2)CC1.CF. The van der Waals surface area contributed by atoms with Crippen molar-refractivity contribution in [3.05, 3.63) is 12.4 Å². The van der Waals surface area contributed by atoms with Gasteiger partial charge in [0.15, 0.2) is 0 Å². The third-order valence-corrected chi connectivity index (χ3v) is 5.64. The molecule has 0 saturated carbocycles. The standard InChI is InChI=1S/C19H32BN3O4.CH3F/c1-17(2,3)25-16(24)22-10-8-15(9-11-22)23-13-14(12-21-23)20-26-18(4,5)19(6,7)27-20;1-2/h12-13,15H,8-11H2,1-7H3;1H3. The van der Waals surface area contributed by atoms with Crippen molar-refractivity contribution < 1.29 is 23.2 Å². The Morgan fingerprint density at radius 2 is 1.69 bits per heavy atom. The van der Waals surface area contributed by atoms with Gasteiger partial charge in [0.2, 0.25) is 0 Å². The lowest BCUT2D eigenvalue weighted by molar-refractivity contribution is 0.00578. The number of piperidine rings is 1. The number of amides is 1. The van der Waals surface area contributed by atoms with Crippen molar-refractivity contribution in [1.82, 2.24) is 14.7 Å². The molecule has 29 heavy (non-hydrogen) atoms. The van der Waals surface area contributed by atoms with Crippen LogP contribution in [0.3, 0.4) is 0 Å². The van der Waals surface area contributed by atoms with Gasteiger partial charge in [-0.25, -0.2) is 4.79 Å². The fraction of sp³-hybridized carbons (Fsp3) is 0.800. The molecule has 0 spiro atoms. The normalized spacial score (nSPS) is 21.6. The Labute approximate surface area is 174 Å². The van der Waals surface area contributed by atoms with Crippen LogP contribution in [-0.2, 0) is 14.0 Å². The molecule has 2 fully saturated rings. The van der Waals surface area contributed by atoms with Crippen molar-refractivity contribution >= 4 is 18.7 Å². The molecule has 2 aliphatic heterocycles. The van der Waals surface area contributed by atoms with Gasteiger partial charge in [-0.15, -0.1) is 0 Å². The molecule has 0 unspecified atom stereocenters. The Morgan fingerprint density at radius 3 is 2.17 bits per heavy atom. The van der Waals surface area contributed by atoms with Crippen molar-refractivity contribution in [3.63, 3.8) is 0 Å². The predicted molar refractivity (Wildman–Crippen MR) is 111 cm³/mol. The molecule has 0 aliphatic carbocycles. The van der Waals surface area contributed by atoms with Crippen LogP contribution in [0.2, 0.25) is 0 Å². The Balaban J connectivity index is 0.00000145. The van der Waals surface area contributed by atoms with Gasteiger partial charge < -0.3 is 18.9 Å². The largest absolute Gasteiger partial charge is 0.498 e. The number of hydrogen-bond acceptors (Lipinski definition) is 5. The second-order valence-corrected chi connectivity index (χ2v) is 9.54. The summed E-state index contributed by atoms with van der Waals surface area (Å²) in [6.07, 6.45) is 5.30. The van der Waals surface area contributed by atoms with Crippen LogP contribution < -0.4 is 5.46 Å². The minimum Gasteiger partial charge on any atom is -0.444 e. The second-order valence-electron chi connectivity index (χ2n) is 9.54. The van der Waals surface area contributed by atoms with Gasteiger partial charge in [-0.05, 0) is 61.3 Å². The highest BCUT2D eigenvalue weighted by atomic mass is 19.1. The van der Waals surface area contributed by atoms with Crippen molar-refractivity contribution in [2.45, 2.75) is 84.2 Å². The third kappa shape index (κ3) is 5.51. The molecule has 1 aromatic heterocycles. The first kappa shape index (κ1) is 23.7. The minimum atomic E-state index is -0.465. The molecule has 0 radical (unpaired) electrons. The van der Waals surface area contributed by atoms with Gasteiger partial charge in [0.1, 0.15) is 5.60 Å². The van der Waals surface area contributed by atoms with Crippen LogP contribution in [0.15, 0.2) is 12.4 Å². The highest BCUT2D eigenvalue weighted by Gasteiger charge is 2.52. The predicted octanol–water partition coefficient (Wildman–Crippen LogP) is 3.34. The second kappa shape index (κ2) is 8.64. The minimum absolute atomic E-state index is 0.237. The van der Waals surface area contributed by atoms with E-state index < -0.39 is 12.7 Å². The van der Waals surface area contributed by atoms with Gasteiger partial charge in [0.25, 0.3) is 0 Å². The topological polar surface area (TPSA) is 65.8 Å². The molecule has 164 valence electrons. The van der Waals surface area contributed by atoms with Crippen LogP contribution in [0.1, 0.15) is 67.3 Å². The average molecular weight is 411 g/mol. The highest BCUT2D eigenvalue weighted by molar-refractivity contribution is 6.62. The number of carbonyl (C=O) groups excluding carboxylic acids is 1. The van der Waals surface area contributed by atoms with Crippen molar-refractivity contribution in [3.8, 4) is 0 Å². The van der Waals surface area contributed by atoms with Crippen LogP contribution in [0.5, 0.6) is 0 Å². The van der Waals surface area contributed by atoms with Crippen molar-refractivity contribution in [2.24, 2.45) is 0 Å². The lowest BCUT2D eigenvalue weighted by Crippen LogP contribution is -2.42. The Bertz CT molecular complexity index is 678. The summed E-state index contributed by atoms with van der Waals surface area (Å²) in [7, 11) is 0.102. The summed E-state index contributed by atoms with van der Waals surface area (Å²) in [5.74, 6) is 0. The van der Waals surface area contributed by atoms with E-state index in [-0.39, 0.29) is 23.3 Å². The molecule has 0 aromatic carbocycles. The number of likely N-dealkylation sites (tertiary alicyclic amines) is 1. The zero-order valence-corrected chi connectivity index (χ0v) is 19.0. The summed E-state index contributed by atoms with van der Waals surface area (Å²) in [6.45, 7) is 15.2. The van der Waals surface area contributed by atoms with Crippen LogP contribution >= 0.6 is 0 Å². The number of ether oxygens (including phenoxy) is 1. The molecule has 1 amide bonds. The summed E-state index contributed by atoms with van der Waals surface area (Å²) in [5.41, 5.74) is -0.256. The molecule has 0 N–H and O–H groups in total. The number of carbonyl (C=O) groups is 1. The third-order valence-electron chi connectivity index (χ3n) is 5.64. The lowest BCUT2D eigenvalue weighted by Gasteiger charge is -2.33. The number of alkyl halides is 1. The monoisotopic (exact) mass is 411 g/mol. The van der Waals surface area contributed by atoms with Gasteiger partial charge in [-0.3, -0.25) is 9.07 Å². The zero-order valence-electron chi connectivity index (χ0n) is 19.0. The van der Waals surface area contributed by atoms with Crippen molar-refractivity contribution in [2.75, 3.05) is 20.3 Å². The Morgan fingerprint density at radius 1 is 1.17 bits per heavy atom. The molecule has 3 rings (SSSR count). The van der Waals surface area contributed by atoms with E-state index in [1.165, 1.54) is 0 Å². The molecule has 2 saturated heterocycles. The molecule has 0 atom stereocenters. The quantitative estimate of drug-likeness (QED) is 0.699. The Kier molecular flexibility index (Phi) is 7.05. The van der Waals surface area contributed by atoms with E-state index >= 15 is 0 Å². The van der Waals surface area contributed by atoms with Gasteiger partial charge in [-0.2, -0.15) is 5.10 Å². The van der Waals surface area contributed by atoms with Crippen LogP contribution in [0, 0.1) is 0 Å². The summed E-state index contributed by atoms with van der Waals surface area (Å²) >= 11 is 0. The van der Waals surface area contributed by atoms with E-state index in [0.717, 1.165) is 18.3 Å². The smallest absolute Gasteiger partial charge is 0.444 e. The van der Waals surface area contributed by atoms with E-state index in [2.05, 4.69) is 5.10 Å². The van der Waals surface area contributed by atoms with Gasteiger partial charge in [0, 0.05) is 30.9 Å². The fourth-order valence-electron chi connectivity index (χ4n) is 3.29. The van der Waals surface area contributed by atoms with Gasteiger partial charge >= 0.3 is 13.2 Å². The van der Waals surface area contributed by atoms with Crippen LogP contribution in [0.25, 0.3) is 0 Å². The van der Waals surface area contributed by atoms with Crippen LogP contribution in [-0.4, -0.2) is 65.0 Å². The highest BCUT2D eigenvalue weighted by Crippen LogP contribution is 2.36. The van der Waals surface area contributed by atoms with E-state index in [0.29, 0.717) is 20.3 Å². The molecule has 0 bridgehead atoms. The maximum Gasteiger partial charge on any atom is 0.498 e. The summed E-state index contributed by atoms with van der Waals surface area (Å²) in [5, 5.41) is 4.53. The maximum absolute atomic E-state index is 12.2. The molecule has 2 aliphatic rings. The number of halogens is 1. The number of nitrogens with zero attached hydrogens (tertiary/aromatic N) is 3. The van der Waals surface area contributed by atoms with E-state index in [1.54, 1.807) is 4.90 Å². The fourth-order valence-corrected chi connectivity index (χ4v) is 3.29. The maximum atomic E-state index is 12.2. The van der Waals surface area contributed by atoms with E-state index in [1.807, 2.05) is 65.5 Å². The van der Waals surface area contributed by atoms with Gasteiger partial charge in [0.05, 0.1) is 24.4 Å². The zero-order chi connectivity index (χ0) is 22.0. The van der Waals surface area contributed by atoms with Crippen LogP contribution in [0.4, 0.5) is 9.18 Å². The molecular weight excluding hydrogens is 376 g/mol. The molecule has 7 nitrogen and oxygen atoms in total. The number of rotatable bonds is 2. The van der Waals surface area contributed by atoms with E-state index in [9.17, 15) is 9.18 Å². The lowest BCUT2D eigenvalue weighted by atomic mass is 9.82. The summed E-state index contributed by atoms with van der Waals surface area (Å²) < 4.78 is 29.1. The molecular formula is C20H35BFN3O4. The first-order chi connectivity index (χ1) is 13.4. The number of hydrogen-bond donors (Lipinski definition) is 0.